The van der Waals surface area contributed by atoms with Crippen LogP contribution < -0.4 is 5.32 Å². The second kappa shape index (κ2) is 6.50. The number of nitrogens with zero attached hydrogens (tertiary/aromatic N) is 1. The molecule has 108 valence electrons. The number of carboxylic acids is 1. The van der Waals surface area contributed by atoms with Crippen molar-refractivity contribution < 1.29 is 14.7 Å². The van der Waals surface area contributed by atoms with Crippen molar-refractivity contribution in [2.75, 3.05) is 6.54 Å². The molecule has 1 amide bonds. The van der Waals surface area contributed by atoms with Crippen molar-refractivity contribution >= 4 is 11.9 Å². The molecule has 2 unspecified atom stereocenters. The van der Waals surface area contributed by atoms with Crippen LogP contribution in [-0.2, 0) is 0 Å². The van der Waals surface area contributed by atoms with Gasteiger partial charge in [0.15, 0.2) is 0 Å². The zero-order valence-electron chi connectivity index (χ0n) is 11.6. The Hall–Kier alpha value is -1.91. The van der Waals surface area contributed by atoms with Crippen LogP contribution in [0.3, 0.4) is 0 Å². The van der Waals surface area contributed by atoms with Crippen LogP contribution in [0.5, 0.6) is 0 Å². The van der Waals surface area contributed by atoms with Gasteiger partial charge in [-0.15, -0.1) is 0 Å². The Labute approximate surface area is 118 Å². The first-order valence-electron chi connectivity index (χ1n) is 7.04. The SMILES string of the molecule is CC1CCCC(CNC(=O)c2ncccc2C(=O)O)C1. The molecule has 5 heteroatoms. The lowest BCUT2D eigenvalue weighted by Gasteiger charge is -2.26. The minimum Gasteiger partial charge on any atom is -0.478 e. The smallest absolute Gasteiger partial charge is 0.338 e. The molecule has 1 aliphatic rings. The number of hydrogen-bond acceptors (Lipinski definition) is 3. The van der Waals surface area contributed by atoms with Crippen LogP contribution in [0.2, 0.25) is 0 Å². The van der Waals surface area contributed by atoms with Crippen molar-refractivity contribution in [1.82, 2.24) is 10.3 Å². The predicted molar refractivity (Wildman–Crippen MR) is 74.7 cm³/mol. The molecule has 5 nitrogen and oxygen atoms in total. The molecule has 2 atom stereocenters. The maximum absolute atomic E-state index is 12.1. The summed E-state index contributed by atoms with van der Waals surface area (Å²) < 4.78 is 0. The summed E-state index contributed by atoms with van der Waals surface area (Å²) in [6.07, 6.45) is 6.14. The van der Waals surface area contributed by atoms with E-state index in [1.807, 2.05) is 0 Å². The lowest BCUT2D eigenvalue weighted by atomic mass is 9.82. The van der Waals surface area contributed by atoms with Crippen LogP contribution in [-0.4, -0.2) is 28.5 Å². The average molecular weight is 276 g/mol. The lowest BCUT2D eigenvalue weighted by Crippen LogP contribution is -2.33. The Morgan fingerprint density at radius 1 is 1.45 bits per heavy atom. The number of aromatic carboxylic acids is 1. The van der Waals surface area contributed by atoms with Crippen molar-refractivity contribution in [1.29, 1.82) is 0 Å². The number of carboxylic acid groups (broad SMARTS) is 1. The molecule has 0 aliphatic heterocycles. The number of rotatable bonds is 4. The molecule has 1 aliphatic carbocycles. The number of hydrogen-bond donors (Lipinski definition) is 2. The van der Waals surface area contributed by atoms with E-state index in [0.717, 1.165) is 12.8 Å². The molecular formula is C15H20N2O3. The van der Waals surface area contributed by atoms with Gasteiger partial charge in [0.05, 0.1) is 5.56 Å². The molecule has 1 heterocycles. The summed E-state index contributed by atoms with van der Waals surface area (Å²) in [5.74, 6) is -0.342. The number of carbonyl (C=O) groups excluding carboxylic acids is 1. The van der Waals surface area contributed by atoms with E-state index in [9.17, 15) is 9.59 Å². The van der Waals surface area contributed by atoms with E-state index in [2.05, 4.69) is 17.2 Å². The van der Waals surface area contributed by atoms with Gasteiger partial charge in [0.2, 0.25) is 0 Å². The molecule has 0 bridgehead atoms. The standard InChI is InChI=1S/C15H20N2O3/c1-10-4-2-5-11(8-10)9-17-14(18)13-12(15(19)20)6-3-7-16-13/h3,6-7,10-11H,2,4-5,8-9H2,1H3,(H,17,18)(H,19,20). The molecule has 1 aromatic rings. The Kier molecular flexibility index (Phi) is 4.71. The summed E-state index contributed by atoms with van der Waals surface area (Å²) in [6.45, 7) is 2.83. The Balaban J connectivity index is 1.97. The highest BCUT2D eigenvalue weighted by atomic mass is 16.4. The third-order valence-electron chi connectivity index (χ3n) is 3.85. The molecule has 2 rings (SSSR count). The molecule has 0 radical (unpaired) electrons. The predicted octanol–water partition coefficient (Wildman–Crippen LogP) is 2.34. The third kappa shape index (κ3) is 3.56. The zero-order chi connectivity index (χ0) is 14.5. The summed E-state index contributed by atoms with van der Waals surface area (Å²) in [6, 6.07) is 2.91. The Morgan fingerprint density at radius 2 is 2.25 bits per heavy atom. The highest BCUT2D eigenvalue weighted by Crippen LogP contribution is 2.27. The molecule has 0 aromatic carbocycles. The lowest BCUT2D eigenvalue weighted by molar-refractivity contribution is 0.0689. The van der Waals surface area contributed by atoms with Gasteiger partial charge in [0.1, 0.15) is 5.69 Å². The fraction of sp³-hybridized carbons (Fsp3) is 0.533. The average Bonchev–Trinajstić information content (AvgIpc) is 2.45. The quantitative estimate of drug-likeness (QED) is 0.884. The van der Waals surface area contributed by atoms with E-state index < -0.39 is 11.9 Å². The summed E-state index contributed by atoms with van der Waals surface area (Å²) in [7, 11) is 0. The van der Waals surface area contributed by atoms with Crippen molar-refractivity contribution in [3.63, 3.8) is 0 Å². The maximum atomic E-state index is 12.1. The van der Waals surface area contributed by atoms with Crippen molar-refractivity contribution in [3.8, 4) is 0 Å². The van der Waals surface area contributed by atoms with Crippen LogP contribution in [0, 0.1) is 11.8 Å². The highest BCUT2D eigenvalue weighted by molar-refractivity contribution is 6.03. The minimum absolute atomic E-state index is 0.0103. The van der Waals surface area contributed by atoms with Gasteiger partial charge in [0.25, 0.3) is 5.91 Å². The summed E-state index contributed by atoms with van der Waals surface area (Å²) >= 11 is 0. The zero-order valence-corrected chi connectivity index (χ0v) is 11.6. The second-order valence-electron chi connectivity index (χ2n) is 5.55. The van der Waals surface area contributed by atoms with Crippen LogP contribution >= 0.6 is 0 Å². The van der Waals surface area contributed by atoms with Crippen LogP contribution in [0.25, 0.3) is 0 Å². The molecule has 0 spiro atoms. The van der Waals surface area contributed by atoms with E-state index in [-0.39, 0.29) is 11.3 Å². The number of nitrogens with one attached hydrogen (secondary N) is 1. The van der Waals surface area contributed by atoms with Crippen LogP contribution in [0.4, 0.5) is 0 Å². The monoisotopic (exact) mass is 276 g/mol. The van der Waals surface area contributed by atoms with Crippen LogP contribution in [0.1, 0.15) is 53.5 Å². The fourth-order valence-electron chi connectivity index (χ4n) is 2.82. The molecule has 0 saturated heterocycles. The molecule has 1 aromatic heterocycles. The van der Waals surface area contributed by atoms with E-state index in [4.69, 9.17) is 5.11 Å². The molecule has 1 saturated carbocycles. The number of amides is 1. The summed E-state index contributed by atoms with van der Waals surface area (Å²) in [5.41, 5.74) is -0.0640. The van der Waals surface area contributed by atoms with Crippen molar-refractivity contribution in [2.45, 2.75) is 32.6 Å². The Morgan fingerprint density at radius 3 is 2.95 bits per heavy atom. The van der Waals surface area contributed by atoms with Gasteiger partial charge in [-0.25, -0.2) is 4.79 Å². The molecule has 1 fully saturated rings. The van der Waals surface area contributed by atoms with Gasteiger partial charge in [-0.05, 0) is 36.8 Å². The van der Waals surface area contributed by atoms with Gasteiger partial charge < -0.3 is 10.4 Å². The largest absolute Gasteiger partial charge is 0.478 e. The minimum atomic E-state index is -1.13. The van der Waals surface area contributed by atoms with Crippen LogP contribution in [0.15, 0.2) is 18.3 Å². The fourth-order valence-corrected chi connectivity index (χ4v) is 2.82. The number of pyridine rings is 1. The van der Waals surface area contributed by atoms with Crippen molar-refractivity contribution in [3.05, 3.63) is 29.6 Å². The van der Waals surface area contributed by atoms with Gasteiger partial charge in [0, 0.05) is 12.7 Å². The molecular weight excluding hydrogens is 256 g/mol. The summed E-state index contributed by atoms with van der Waals surface area (Å²) in [5, 5.41) is 11.9. The van der Waals surface area contributed by atoms with E-state index in [1.54, 1.807) is 0 Å². The number of carbonyl (C=O) groups is 2. The first-order valence-corrected chi connectivity index (χ1v) is 7.04. The van der Waals surface area contributed by atoms with E-state index >= 15 is 0 Å². The van der Waals surface area contributed by atoms with Gasteiger partial charge in [-0.3, -0.25) is 9.78 Å². The Bertz CT molecular complexity index is 502. The highest BCUT2D eigenvalue weighted by Gasteiger charge is 2.21. The van der Waals surface area contributed by atoms with Gasteiger partial charge in [-0.2, -0.15) is 0 Å². The summed E-state index contributed by atoms with van der Waals surface area (Å²) in [4.78, 5) is 27.0. The maximum Gasteiger partial charge on any atom is 0.338 e. The molecule has 2 N–H and O–H groups in total. The normalized spacial score (nSPS) is 22.2. The van der Waals surface area contributed by atoms with Crippen molar-refractivity contribution in [2.24, 2.45) is 11.8 Å². The first-order chi connectivity index (χ1) is 9.58. The van der Waals surface area contributed by atoms with E-state index in [0.29, 0.717) is 18.4 Å². The number of aromatic nitrogens is 1. The topological polar surface area (TPSA) is 79.3 Å². The first kappa shape index (κ1) is 14.5. The van der Waals surface area contributed by atoms with E-state index in [1.165, 1.54) is 31.2 Å². The van der Waals surface area contributed by atoms with Gasteiger partial charge >= 0.3 is 5.97 Å². The van der Waals surface area contributed by atoms with Gasteiger partial charge in [-0.1, -0.05) is 19.8 Å². The molecule has 20 heavy (non-hydrogen) atoms. The third-order valence-corrected chi connectivity index (χ3v) is 3.85. The second-order valence-corrected chi connectivity index (χ2v) is 5.55.